The number of nitrogens with zero attached hydrogens (tertiary/aromatic N) is 2. The quantitative estimate of drug-likeness (QED) is 0.440. The van der Waals surface area contributed by atoms with Crippen molar-refractivity contribution < 1.29 is 9.21 Å². The van der Waals surface area contributed by atoms with Gasteiger partial charge >= 0.3 is 0 Å². The van der Waals surface area contributed by atoms with Crippen molar-refractivity contribution in [3.63, 3.8) is 0 Å². The van der Waals surface area contributed by atoms with E-state index < -0.39 is 0 Å². The van der Waals surface area contributed by atoms with Crippen LogP contribution in [0.4, 0.5) is 5.69 Å². The molecule has 146 valence electrons. The van der Waals surface area contributed by atoms with E-state index in [9.17, 15) is 4.79 Å². The summed E-state index contributed by atoms with van der Waals surface area (Å²) in [5, 5.41) is 7.08. The van der Waals surface area contributed by atoms with Gasteiger partial charge in [0.1, 0.15) is 11.5 Å². The largest absolute Gasteiger partial charge is 0.457 e. The molecule has 2 heterocycles. The van der Waals surface area contributed by atoms with Gasteiger partial charge in [0.2, 0.25) is 0 Å². The molecule has 2 aromatic carbocycles. The van der Waals surface area contributed by atoms with Crippen molar-refractivity contribution in [1.82, 2.24) is 0 Å². The van der Waals surface area contributed by atoms with E-state index in [1.54, 1.807) is 25.1 Å². The fourth-order valence-electron chi connectivity index (χ4n) is 3.26. The summed E-state index contributed by atoms with van der Waals surface area (Å²) in [5.74, 6) is 1.05. The molecule has 0 aliphatic carbocycles. The van der Waals surface area contributed by atoms with Gasteiger partial charge in [0.25, 0.3) is 5.91 Å². The summed E-state index contributed by atoms with van der Waals surface area (Å²) >= 11 is 12.4. The number of hydrogen-bond acceptors (Lipinski definition) is 3. The predicted molar refractivity (Wildman–Crippen MR) is 119 cm³/mol. The number of amides is 1. The topological polar surface area (TPSA) is 45.8 Å². The van der Waals surface area contributed by atoms with Crippen LogP contribution in [0.3, 0.4) is 0 Å². The normalized spacial score (nSPS) is 15.3. The number of rotatable bonds is 3. The molecule has 3 aromatic rings. The summed E-state index contributed by atoms with van der Waals surface area (Å²) in [4.78, 5) is 13.0. The number of carbonyl (C=O) groups is 1. The first-order valence-electron chi connectivity index (χ1n) is 9.09. The van der Waals surface area contributed by atoms with Crippen molar-refractivity contribution in [3.05, 3.63) is 81.0 Å². The van der Waals surface area contributed by atoms with Gasteiger partial charge in [-0.05, 0) is 68.3 Å². The number of halogens is 2. The maximum Gasteiger partial charge on any atom is 0.280 e. The van der Waals surface area contributed by atoms with Crippen molar-refractivity contribution in [1.29, 1.82) is 0 Å². The van der Waals surface area contributed by atoms with Crippen LogP contribution >= 0.6 is 23.2 Å². The van der Waals surface area contributed by atoms with E-state index in [4.69, 9.17) is 27.6 Å². The van der Waals surface area contributed by atoms with Gasteiger partial charge in [0.05, 0.1) is 17.0 Å². The monoisotopic (exact) mass is 424 g/mol. The van der Waals surface area contributed by atoms with Crippen LogP contribution in [0.15, 0.2) is 63.6 Å². The standard InChI is InChI=1S/C23H18Cl2N2O2/c1-13-17(6-4-7-19(13)24)22-11-10-16(29-22)12-18-15(3)26-27(23(18)28)21-9-5-8-20(25)14(21)2/h4-12H,1-3H3. The van der Waals surface area contributed by atoms with Gasteiger partial charge in [-0.2, -0.15) is 10.1 Å². The third-order valence-electron chi connectivity index (χ3n) is 4.98. The Morgan fingerprint density at radius 3 is 2.38 bits per heavy atom. The highest BCUT2D eigenvalue weighted by molar-refractivity contribution is 6.34. The minimum Gasteiger partial charge on any atom is -0.457 e. The molecule has 0 saturated heterocycles. The molecule has 1 amide bonds. The van der Waals surface area contributed by atoms with Gasteiger partial charge in [0.15, 0.2) is 0 Å². The zero-order valence-electron chi connectivity index (χ0n) is 16.2. The van der Waals surface area contributed by atoms with Crippen LogP contribution in [0.1, 0.15) is 23.8 Å². The molecular formula is C23H18Cl2N2O2. The Balaban J connectivity index is 1.67. The lowest BCUT2D eigenvalue weighted by atomic mass is 10.1. The number of hydrazone groups is 1. The zero-order valence-corrected chi connectivity index (χ0v) is 17.7. The molecule has 0 radical (unpaired) electrons. The van der Waals surface area contributed by atoms with Crippen LogP contribution < -0.4 is 5.01 Å². The Morgan fingerprint density at radius 1 is 0.931 bits per heavy atom. The highest BCUT2D eigenvalue weighted by Crippen LogP contribution is 2.33. The third-order valence-corrected chi connectivity index (χ3v) is 5.80. The van der Waals surface area contributed by atoms with Crippen molar-refractivity contribution in [2.45, 2.75) is 20.8 Å². The minimum absolute atomic E-state index is 0.218. The van der Waals surface area contributed by atoms with Crippen LogP contribution in [0.5, 0.6) is 0 Å². The van der Waals surface area contributed by atoms with Gasteiger partial charge in [-0.1, -0.05) is 41.4 Å². The minimum atomic E-state index is -0.218. The number of hydrogen-bond donors (Lipinski definition) is 0. The van der Waals surface area contributed by atoms with E-state index in [2.05, 4.69) is 5.10 Å². The number of carbonyl (C=O) groups excluding carboxylic acids is 1. The molecule has 0 saturated carbocycles. The summed E-state index contributed by atoms with van der Waals surface area (Å²) in [7, 11) is 0. The van der Waals surface area contributed by atoms with Gasteiger partial charge < -0.3 is 4.42 Å². The van der Waals surface area contributed by atoms with Crippen LogP contribution in [0, 0.1) is 13.8 Å². The fourth-order valence-corrected chi connectivity index (χ4v) is 3.61. The molecule has 1 aliphatic heterocycles. The summed E-state index contributed by atoms with van der Waals surface area (Å²) in [6, 6.07) is 14.8. The van der Waals surface area contributed by atoms with Crippen LogP contribution in [0.25, 0.3) is 17.4 Å². The highest BCUT2D eigenvalue weighted by atomic mass is 35.5. The van der Waals surface area contributed by atoms with E-state index in [1.807, 2.05) is 50.2 Å². The Labute approximate surface area is 179 Å². The van der Waals surface area contributed by atoms with E-state index in [-0.39, 0.29) is 5.91 Å². The number of furan rings is 1. The predicted octanol–water partition coefficient (Wildman–Crippen LogP) is 6.68. The molecule has 4 rings (SSSR count). The lowest BCUT2D eigenvalue weighted by Crippen LogP contribution is -2.22. The average molecular weight is 425 g/mol. The summed E-state index contributed by atoms with van der Waals surface area (Å²) in [6.07, 6.45) is 1.71. The van der Waals surface area contributed by atoms with Crippen LogP contribution in [-0.2, 0) is 4.79 Å². The van der Waals surface area contributed by atoms with Gasteiger partial charge in [-0.25, -0.2) is 0 Å². The second kappa shape index (κ2) is 7.54. The second-order valence-electron chi connectivity index (χ2n) is 6.86. The van der Waals surface area contributed by atoms with Crippen molar-refractivity contribution in [2.24, 2.45) is 5.10 Å². The number of anilines is 1. The molecule has 0 atom stereocenters. The Morgan fingerprint density at radius 2 is 1.62 bits per heavy atom. The molecule has 0 unspecified atom stereocenters. The first-order valence-corrected chi connectivity index (χ1v) is 9.84. The summed E-state index contributed by atoms with van der Waals surface area (Å²) in [6.45, 7) is 5.61. The smallest absolute Gasteiger partial charge is 0.280 e. The maximum absolute atomic E-state index is 13.0. The Hall–Kier alpha value is -2.82. The Bertz CT molecular complexity index is 1190. The molecule has 4 nitrogen and oxygen atoms in total. The van der Waals surface area contributed by atoms with Crippen LogP contribution in [0.2, 0.25) is 10.0 Å². The zero-order chi connectivity index (χ0) is 20.7. The molecule has 29 heavy (non-hydrogen) atoms. The highest BCUT2D eigenvalue weighted by Gasteiger charge is 2.30. The Kier molecular flexibility index (Phi) is 5.07. The SMILES string of the molecule is CC1=NN(c2cccc(Cl)c2C)C(=O)C1=Cc1ccc(-c2cccc(Cl)c2C)o1. The van der Waals surface area contributed by atoms with Gasteiger partial charge in [0, 0.05) is 15.6 Å². The van der Waals surface area contributed by atoms with Crippen LogP contribution in [-0.4, -0.2) is 11.6 Å². The van der Waals surface area contributed by atoms with E-state index in [0.29, 0.717) is 38.5 Å². The van der Waals surface area contributed by atoms with Crippen molar-refractivity contribution >= 4 is 46.6 Å². The summed E-state index contributed by atoms with van der Waals surface area (Å²) in [5.41, 5.74) is 4.43. The lowest BCUT2D eigenvalue weighted by Gasteiger charge is -2.15. The molecule has 0 fully saturated rings. The first kappa shape index (κ1) is 19.5. The van der Waals surface area contributed by atoms with Crippen molar-refractivity contribution in [3.8, 4) is 11.3 Å². The molecule has 1 aliphatic rings. The molecule has 0 N–H and O–H groups in total. The van der Waals surface area contributed by atoms with E-state index in [0.717, 1.165) is 16.7 Å². The molecule has 0 bridgehead atoms. The average Bonchev–Trinajstić information content (AvgIpc) is 3.26. The molecule has 1 aromatic heterocycles. The maximum atomic E-state index is 13.0. The molecular weight excluding hydrogens is 407 g/mol. The fraction of sp³-hybridized carbons (Fsp3) is 0.130. The second-order valence-corrected chi connectivity index (χ2v) is 7.67. The third kappa shape index (κ3) is 3.50. The lowest BCUT2D eigenvalue weighted by molar-refractivity contribution is -0.114. The number of benzene rings is 2. The van der Waals surface area contributed by atoms with E-state index in [1.165, 1.54) is 5.01 Å². The van der Waals surface area contributed by atoms with Gasteiger partial charge in [-0.3, -0.25) is 4.79 Å². The van der Waals surface area contributed by atoms with E-state index >= 15 is 0 Å². The molecule has 0 spiro atoms. The van der Waals surface area contributed by atoms with Crippen molar-refractivity contribution in [2.75, 3.05) is 5.01 Å². The van der Waals surface area contributed by atoms with Gasteiger partial charge in [-0.15, -0.1) is 0 Å². The summed E-state index contributed by atoms with van der Waals surface area (Å²) < 4.78 is 5.97. The first-order chi connectivity index (χ1) is 13.9. The molecule has 6 heteroatoms.